The van der Waals surface area contributed by atoms with Gasteiger partial charge in [-0.2, -0.15) is 0 Å². The van der Waals surface area contributed by atoms with Crippen LogP contribution in [0.25, 0.3) is 0 Å². The van der Waals surface area contributed by atoms with Gasteiger partial charge in [-0.15, -0.1) is 0 Å². The highest BCUT2D eigenvalue weighted by atomic mass is 19.0. The largest absolute Gasteiger partial charge is 0.344 e. The van der Waals surface area contributed by atoms with E-state index >= 15 is 0 Å². The Labute approximate surface area is 84.0 Å². The molecule has 0 aliphatic carbocycles. The second-order valence-electron chi connectivity index (χ2n) is 2.49. The zero-order chi connectivity index (χ0) is 5.15. The Morgan fingerprint density at radius 3 is 0.500 bits per heavy atom. The lowest BCUT2D eigenvalue weighted by molar-refractivity contribution is 0.457. The van der Waals surface area contributed by atoms with Gasteiger partial charge in [-0.25, -0.2) is 0 Å². The molecule has 0 bridgehead atoms. The highest BCUT2D eigenvalue weighted by molar-refractivity contribution is 4.46. The fraction of sp³-hybridized carbons (Fsp3) is 1.00. The van der Waals surface area contributed by atoms with Crippen LogP contribution in [0, 0.1) is 11.8 Å². The summed E-state index contributed by atoms with van der Waals surface area (Å²) in [6, 6.07) is 0. The van der Waals surface area contributed by atoms with Gasteiger partial charge >= 0.3 is 0 Å². The van der Waals surface area contributed by atoms with E-state index in [4.69, 9.17) is 0 Å². The first-order chi connectivity index (χ1) is 2.64. The van der Waals surface area contributed by atoms with Crippen molar-refractivity contribution in [2.75, 3.05) is 0 Å². The van der Waals surface area contributed by atoms with Gasteiger partial charge in [-0.05, 0) is 11.8 Å². The van der Waals surface area contributed by atoms with E-state index in [-0.39, 0.29) is 43.4 Å². The molecule has 0 aromatic heterocycles. The summed E-state index contributed by atoms with van der Waals surface area (Å²) in [5.74, 6) is 1.70. The molecule has 0 spiro atoms. The molecule has 102 valence electrons. The first-order valence-electron chi connectivity index (χ1n) is 2.64. The number of hydrogen-bond acceptors (Lipinski definition) is 4. The van der Waals surface area contributed by atoms with E-state index in [0.29, 0.717) is 0 Å². The molecule has 0 aromatic rings. The molecule has 8 heteroatoms. The van der Waals surface area contributed by atoms with Crippen molar-refractivity contribution in [1.29, 1.82) is 0 Å². The van der Waals surface area contributed by atoms with Crippen LogP contribution in [0.4, 0.5) is 18.8 Å². The van der Waals surface area contributed by atoms with Crippen LogP contribution in [0.2, 0.25) is 0 Å². The third kappa shape index (κ3) is 102. The van der Waals surface area contributed by atoms with Gasteiger partial charge in [0.2, 0.25) is 0 Å². The minimum Gasteiger partial charge on any atom is -0.344 e. The SMILES string of the molecule is CC(C)C(C)C.F.F.F.F.N.N.N.N. The molecule has 0 saturated carbocycles. The molecule has 0 saturated heterocycles. The molecular formula is C6H30F4N4. The maximum Gasteiger partial charge on any atom is -0.0448 e. The van der Waals surface area contributed by atoms with Gasteiger partial charge in [0.1, 0.15) is 0 Å². The average molecular weight is 234 g/mol. The summed E-state index contributed by atoms with van der Waals surface area (Å²) in [4.78, 5) is 0. The zero-order valence-corrected chi connectivity index (χ0v) is 9.62. The van der Waals surface area contributed by atoms with Crippen LogP contribution in [-0.4, -0.2) is 0 Å². The molecule has 0 unspecified atom stereocenters. The Balaban J connectivity index is -0.00000000446. The van der Waals surface area contributed by atoms with E-state index in [1.165, 1.54) is 0 Å². The van der Waals surface area contributed by atoms with Crippen LogP contribution >= 0.6 is 0 Å². The third-order valence-electron chi connectivity index (χ3n) is 1.33. The van der Waals surface area contributed by atoms with E-state index in [1.54, 1.807) is 0 Å². The Hall–Kier alpha value is -0.440. The quantitative estimate of drug-likeness (QED) is 0.515. The van der Waals surface area contributed by atoms with Gasteiger partial charge in [0.15, 0.2) is 0 Å². The Bertz CT molecular complexity index is 42.8. The topological polar surface area (TPSA) is 140 Å². The molecule has 4 nitrogen and oxygen atoms in total. The molecule has 0 amide bonds. The van der Waals surface area contributed by atoms with Crippen LogP contribution in [0.3, 0.4) is 0 Å². The van der Waals surface area contributed by atoms with E-state index in [0.717, 1.165) is 11.8 Å². The molecule has 0 aliphatic heterocycles. The molecule has 14 heavy (non-hydrogen) atoms. The van der Waals surface area contributed by atoms with Crippen LogP contribution < -0.4 is 24.6 Å². The molecule has 0 atom stereocenters. The molecule has 0 fully saturated rings. The summed E-state index contributed by atoms with van der Waals surface area (Å²) in [5.41, 5.74) is 0. The first kappa shape index (κ1) is 103. The maximum atomic E-state index is 2.24. The van der Waals surface area contributed by atoms with E-state index in [2.05, 4.69) is 27.7 Å². The van der Waals surface area contributed by atoms with Crippen LogP contribution in [0.5, 0.6) is 0 Å². The van der Waals surface area contributed by atoms with E-state index in [1.807, 2.05) is 0 Å². The minimum atomic E-state index is 0. The third-order valence-corrected chi connectivity index (χ3v) is 1.33. The van der Waals surface area contributed by atoms with Crippen molar-refractivity contribution in [3.63, 3.8) is 0 Å². The lowest BCUT2D eigenvalue weighted by atomic mass is 10.0. The van der Waals surface area contributed by atoms with Crippen LogP contribution in [0.15, 0.2) is 0 Å². The van der Waals surface area contributed by atoms with Crippen molar-refractivity contribution in [2.45, 2.75) is 27.7 Å². The second kappa shape index (κ2) is 54.3. The summed E-state index contributed by atoms with van der Waals surface area (Å²) in [5, 5.41) is 0. The molecule has 0 rings (SSSR count). The highest BCUT2D eigenvalue weighted by Crippen LogP contribution is 2.05. The number of halogens is 4. The summed E-state index contributed by atoms with van der Waals surface area (Å²) in [7, 11) is 0. The first-order valence-corrected chi connectivity index (χ1v) is 2.64. The second-order valence-corrected chi connectivity index (χ2v) is 2.49. The zero-order valence-electron chi connectivity index (χ0n) is 9.62. The fourth-order valence-corrected chi connectivity index (χ4v) is 0. The van der Waals surface area contributed by atoms with E-state index < -0.39 is 0 Å². The summed E-state index contributed by atoms with van der Waals surface area (Å²) >= 11 is 0. The van der Waals surface area contributed by atoms with Crippen molar-refractivity contribution in [3.05, 3.63) is 0 Å². The Morgan fingerprint density at radius 1 is 0.429 bits per heavy atom. The Morgan fingerprint density at radius 2 is 0.500 bits per heavy atom. The smallest absolute Gasteiger partial charge is 0.0448 e. The van der Waals surface area contributed by atoms with Gasteiger partial charge in [-0.3, -0.25) is 18.8 Å². The van der Waals surface area contributed by atoms with Gasteiger partial charge in [0, 0.05) is 0 Å². The number of rotatable bonds is 1. The average Bonchev–Trinajstić information content (AvgIpc) is 1.36. The minimum absolute atomic E-state index is 0. The molecule has 0 aliphatic rings. The summed E-state index contributed by atoms with van der Waals surface area (Å²) in [6.45, 7) is 8.96. The van der Waals surface area contributed by atoms with Crippen molar-refractivity contribution < 1.29 is 18.8 Å². The molecular weight excluding hydrogens is 204 g/mol. The maximum absolute atomic E-state index is 2.24. The van der Waals surface area contributed by atoms with Gasteiger partial charge in [0.25, 0.3) is 0 Å². The van der Waals surface area contributed by atoms with Crippen molar-refractivity contribution >= 4 is 0 Å². The fourth-order valence-electron chi connectivity index (χ4n) is 0. The van der Waals surface area contributed by atoms with Crippen LogP contribution in [-0.2, 0) is 0 Å². The van der Waals surface area contributed by atoms with Crippen molar-refractivity contribution in [2.24, 2.45) is 11.8 Å². The van der Waals surface area contributed by atoms with Gasteiger partial charge < -0.3 is 24.6 Å². The van der Waals surface area contributed by atoms with Gasteiger partial charge in [0.05, 0.1) is 0 Å². The van der Waals surface area contributed by atoms with E-state index in [9.17, 15) is 0 Å². The summed E-state index contributed by atoms with van der Waals surface area (Å²) < 4.78 is 0. The normalized spacial score (nSPS) is 4.71. The van der Waals surface area contributed by atoms with Crippen molar-refractivity contribution in [1.82, 2.24) is 24.6 Å². The standard InChI is InChI=1S/C6H14.4FH.4H3N/c1-5(2)6(3)4;;;;;;;;/h5-6H,1-4H3;4*1H;4*1H3. The van der Waals surface area contributed by atoms with Gasteiger partial charge in [-0.1, -0.05) is 27.7 Å². The van der Waals surface area contributed by atoms with Crippen LogP contribution in [0.1, 0.15) is 27.7 Å². The predicted octanol–water partition coefficient (Wildman–Crippen LogP) is 3.56. The molecule has 12 N–H and O–H groups in total. The monoisotopic (exact) mass is 234 g/mol. The number of hydrogen-bond donors (Lipinski definition) is 4. The highest BCUT2D eigenvalue weighted by Gasteiger charge is 1.95. The Kier molecular flexibility index (Phi) is 399. The predicted molar refractivity (Wildman–Crippen MR) is 59.8 cm³/mol. The molecule has 0 heterocycles. The molecule has 0 radical (unpaired) electrons. The summed E-state index contributed by atoms with van der Waals surface area (Å²) in [6.07, 6.45) is 0. The lowest BCUT2D eigenvalue weighted by Crippen LogP contribution is -1.95. The molecule has 0 aromatic carbocycles. The van der Waals surface area contributed by atoms with Crippen molar-refractivity contribution in [3.8, 4) is 0 Å². The lowest BCUT2D eigenvalue weighted by Gasteiger charge is -2.05.